The van der Waals surface area contributed by atoms with Gasteiger partial charge in [0.25, 0.3) is 0 Å². The Morgan fingerprint density at radius 1 is 1.28 bits per heavy atom. The summed E-state index contributed by atoms with van der Waals surface area (Å²) in [6, 6.07) is 2.22. The molecule has 0 aliphatic heterocycles. The topological polar surface area (TPSA) is 24.9 Å². The van der Waals surface area contributed by atoms with Crippen molar-refractivity contribution in [1.82, 2.24) is 10.3 Å². The SMILES string of the molecule is CC(C)(C)NCc1nc2c(s1)CCc1sccc1-2. The molecule has 1 aliphatic carbocycles. The Balaban J connectivity index is 1.86. The van der Waals surface area contributed by atoms with Crippen molar-refractivity contribution in [3.8, 4) is 11.3 Å². The van der Waals surface area contributed by atoms with E-state index in [0.717, 1.165) is 13.0 Å². The van der Waals surface area contributed by atoms with E-state index in [1.807, 2.05) is 22.7 Å². The molecule has 4 heteroatoms. The molecule has 2 aromatic heterocycles. The molecule has 0 unspecified atom stereocenters. The summed E-state index contributed by atoms with van der Waals surface area (Å²) in [5.41, 5.74) is 2.77. The molecule has 0 amide bonds. The Morgan fingerprint density at radius 2 is 2.06 bits per heavy atom. The molecule has 2 heterocycles. The fraction of sp³-hybridized carbons (Fsp3) is 0.500. The number of fused-ring (bicyclic) bond motifs is 3. The van der Waals surface area contributed by atoms with Gasteiger partial charge in [-0.15, -0.1) is 22.7 Å². The Labute approximate surface area is 116 Å². The van der Waals surface area contributed by atoms with E-state index in [-0.39, 0.29) is 5.54 Å². The summed E-state index contributed by atoms with van der Waals surface area (Å²) in [5, 5.41) is 6.92. The quantitative estimate of drug-likeness (QED) is 0.902. The van der Waals surface area contributed by atoms with Gasteiger partial charge in [0.15, 0.2) is 0 Å². The molecular formula is C14H18N2S2. The van der Waals surface area contributed by atoms with E-state index < -0.39 is 0 Å². The molecule has 1 N–H and O–H groups in total. The Morgan fingerprint density at radius 3 is 2.83 bits per heavy atom. The van der Waals surface area contributed by atoms with E-state index in [9.17, 15) is 0 Å². The van der Waals surface area contributed by atoms with Crippen molar-refractivity contribution in [2.75, 3.05) is 0 Å². The van der Waals surface area contributed by atoms with Crippen molar-refractivity contribution in [2.24, 2.45) is 0 Å². The van der Waals surface area contributed by atoms with E-state index in [0.29, 0.717) is 0 Å². The van der Waals surface area contributed by atoms with Crippen LogP contribution in [0, 0.1) is 0 Å². The molecule has 96 valence electrons. The third-order valence-electron chi connectivity index (χ3n) is 3.09. The fourth-order valence-electron chi connectivity index (χ4n) is 2.17. The van der Waals surface area contributed by atoms with Gasteiger partial charge in [-0.2, -0.15) is 0 Å². The molecule has 0 radical (unpaired) electrons. The molecule has 0 saturated carbocycles. The minimum Gasteiger partial charge on any atom is -0.306 e. The summed E-state index contributed by atoms with van der Waals surface area (Å²) in [6.07, 6.45) is 2.35. The van der Waals surface area contributed by atoms with Gasteiger partial charge in [-0.3, -0.25) is 0 Å². The van der Waals surface area contributed by atoms with Gasteiger partial charge in [0, 0.05) is 27.4 Å². The zero-order valence-corrected chi connectivity index (χ0v) is 12.7. The van der Waals surface area contributed by atoms with Crippen molar-refractivity contribution < 1.29 is 0 Å². The maximum absolute atomic E-state index is 4.83. The zero-order chi connectivity index (χ0) is 12.8. The number of aromatic nitrogens is 1. The molecule has 18 heavy (non-hydrogen) atoms. The second-order valence-corrected chi connectivity index (χ2v) is 7.91. The van der Waals surface area contributed by atoms with Crippen LogP contribution in [0.5, 0.6) is 0 Å². The van der Waals surface area contributed by atoms with Crippen LogP contribution in [0.15, 0.2) is 11.4 Å². The molecule has 0 spiro atoms. The number of nitrogens with zero attached hydrogens (tertiary/aromatic N) is 1. The standard InChI is InChI=1S/C14H18N2S2/c1-14(2,3)15-8-12-16-13-9-6-7-17-10(9)4-5-11(13)18-12/h6-7,15H,4-5,8H2,1-3H3. The molecular weight excluding hydrogens is 260 g/mol. The lowest BCUT2D eigenvalue weighted by atomic mass is 10.0. The molecule has 0 saturated heterocycles. The molecule has 0 fully saturated rings. The van der Waals surface area contributed by atoms with Crippen LogP contribution in [0.3, 0.4) is 0 Å². The van der Waals surface area contributed by atoms with Gasteiger partial charge in [-0.05, 0) is 45.1 Å². The first kappa shape index (κ1) is 12.3. The maximum Gasteiger partial charge on any atom is 0.107 e. The van der Waals surface area contributed by atoms with Crippen LogP contribution in [0.1, 0.15) is 35.5 Å². The van der Waals surface area contributed by atoms with E-state index in [1.54, 1.807) is 0 Å². The van der Waals surface area contributed by atoms with Gasteiger partial charge < -0.3 is 5.32 Å². The van der Waals surface area contributed by atoms with Crippen LogP contribution < -0.4 is 5.32 Å². The van der Waals surface area contributed by atoms with Gasteiger partial charge in [-0.1, -0.05) is 0 Å². The highest BCUT2D eigenvalue weighted by Crippen LogP contribution is 2.38. The summed E-state index contributed by atoms with van der Waals surface area (Å²) < 4.78 is 0. The van der Waals surface area contributed by atoms with Gasteiger partial charge in [-0.25, -0.2) is 4.98 Å². The summed E-state index contributed by atoms with van der Waals surface area (Å²) in [7, 11) is 0. The van der Waals surface area contributed by atoms with Gasteiger partial charge in [0.2, 0.25) is 0 Å². The van der Waals surface area contributed by atoms with Crippen LogP contribution in [-0.4, -0.2) is 10.5 Å². The molecule has 2 aromatic rings. The largest absolute Gasteiger partial charge is 0.306 e. The van der Waals surface area contributed by atoms with Crippen LogP contribution in [0.4, 0.5) is 0 Å². The molecule has 0 aromatic carbocycles. The van der Waals surface area contributed by atoms with Crippen molar-refractivity contribution in [1.29, 1.82) is 0 Å². The maximum atomic E-state index is 4.83. The van der Waals surface area contributed by atoms with Gasteiger partial charge >= 0.3 is 0 Å². The van der Waals surface area contributed by atoms with Gasteiger partial charge in [0.05, 0.1) is 5.69 Å². The average molecular weight is 278 g/mol. The van der Waals surface area contributed by atoms with Crippen molar-refractivity contribution >= 4 is 22.7 Å². The number of rotatable bonds is 2. The summed E-state index contributed by atoms with van der Waals surface area (Å²) >= 11 is 3.74. The van der Waals surface area contributed by atoms with Crippen LogP contribution in [0.2, 0.25) is 0 Å². The van der Waals surface area contributed by atoms with Crippen LogP contribution >= 0.6 is 22.7 Å². The van der Waals surface area contributed by atoms with Crippen LogP contribution in [0.25, 0.3) is 11.3 Å². The van der Waals surface area contributed by atoms with Crippen molar-refractivity contribution in [3.05, 3.63) is 26.2 Å². The minimum atomic E-state index is 0.152. The van der Waals surface area contributed by atoms with Crippen molar-refractivity contribution in [3.63, 3.8) is 0 Å². The van der Waals surface area contributed by atoms with E-state index in [2.05, 4.69) is 37.5 Å². The lowest BCUT2D eigenvalue weighted by molar-refractivity contribution is 0.424. The Bertz CT molecular complexity index is 561. The number of thiazole rings is 1. The molecule has 0 bridgehead atoms. The number of hydrogen-bond acceptors (Lipinski definition) is 4. The summed E-state index contributed by atoms with van der Waals surface area (Å²) in [6.45, 7) is 7.45. The highest BCUT2D eigenvalue weighted by Gasteiger charge is 2.22. The normalized spacial score (nSPS) is 14.4. The highest BCUT2D eigenvalue weighted by atomic mass is 32.1. The predicted molar refractivity (Wildman–Crippen MR) is 79.4 cm³/mol. The Hall–Kier alpha value is -0.710. The highest BCUT2D eigenvalue weighted by molar-refractivity contribution is 7.12. The third kappa shape index (κ3) is 2.37. The smallest absolute Gasteiger partial charge is 0.107 e. The summed E-state index contributed by atoms with van der Waals surface area (Å²) in [5.74, 6) is 0. The van der Waals surface area contributed by atoms with Gasteiger partial charge in [0.1, 0.15) is 5.01 Å². The molecule has 1 aliphatic rings. The first-order valence-corrected chi connectivity index (χ1v) is 8.03. The summed E-state index contributed by atoms with van der Waals surface area (Å²) in [4.78, 5) is 7.80. The predicted octanol–water partition coefficient (Wildman–Crippen LogP) is 3.86. The molecule has 3 rings (SSSR count). The minimum absolute atomic E-state index is 0.152. The second kappa shape index (κ2) is 4.44. The first-order chi connectivity index (χ1) is 8.53. The van der Waals surface area contributed by atoms with E-state index in [4.69, 9.17) is 4.98 Å². The van der Waals surface area contributed by atoms with Crippen LogP contribution in [-0.2, 0) is 19.4 Å². The monoisotopic (exact) mass is 278 g/mol. The number of hydrogen-bond donors (Lipinski definition) is 1. The first-order valence-electron chi connectivity index (χ1n) is 6.33. The lowest BCUT2D eigenvalue weighted by Gasteiger charge is -2.19. The third-order valence-corrected chi connectivity index (χ3v) is 5.19. The number of aryl methyl sites for hydroxylation is 2. The lowest BCUT2D eigenvalue weighted by Crippen LogP contribution is -2.34. The fourth-order valence-corrected chi connectivity index (χ4v) is 4.07. The Kier molecular flexibility index (Phi) is 3.04. The molecule has 0 atom stereocenters. The zero-order valence-electron chi connectivity index (χ0n) is 11.0. The van der Waals surface area contributed by atoms with E-state index >= 15 is 0 Å². The number of nitrogens with one attached hydrogen (secondary N) is 1. The van der Waals surface area contributed by atoms with Crippen molar-refractivity contribution in [2.45, 2.75) is 45.7 Å². The number of thiophene rings is 1. The average Bonchev–Trinajstić information content (AvgIpc) is 2.90. The van der Waals surface area contributed by atoms with E-state index in [1.165, 1.54) is 32.4 Å². The molecule has 2 nitrogen and oxygen atoms in total. The second-order valence-electron chi connectivity index (χ2n) is 5.74.